The number of methoxy groups -OCH3 is 3. The normalized spacial score (nSPS) is 15.4. The van der Waals surface area contributed by atoms with Crippen molar-refractivity contribution in [3.63, 3.8) is 0 Å². The van der Waals surface area contributed by atoms with Gasteiger partial charge in [0.15, 0.2) is 6.29 Å². The zero-order chi connectivity index (χ0) is 25.0. The molecule has 0 amide bonds. The molecule has 2 atom stereocenters. The summed E-state index contributed by atoms with van der Waals surface area (Å²) in [5, 5.41) is 10.6. The van der Waals surface area contributed by atoms with Crippen LogP contribution in [0.4, 0.5) is 0 Å². The molecule has 1 aliphatic heterocycles. The molecular weight excluding hydrogens is 446 g/mol. The van der Waals surface area contributed by atoms with Gasteiger partial charge in [0.2, 0.25) is 0 Å². The first-order valence-electron chi connectivity index (χ1n) is 12.0. The second-order valence-electron chi connectivity index (χ2n) is 8.30. The summed E-state index contributed by atoms with van der Waals surface area (Å²) in [5.74, 6) is 8.46. The number of ether oxygens (including phenoxy) is 5. The van der Waals surface area contributed by atoms with Crippen LogP contribution in [0.1, 0.15) is 43.4 Å². The lowest BCUT2D eigenvalue weighted by Gasteiger charge is -2.36. The van der Waals surface area contributed by atoms with E-state index in [2.05, 4.69) is 16.7 Å². The van der Waals surface area contributed by atoms with Gasteiger partial charge in [0.05, 0.1) is 58.8 Å². The number of aliphatic hydroxyl groups excluding tert-OH is 1. The molecule has 1 fully saturated rings. The molecule has 0 aliphatic carbocycles. The SMILES string of the molecule is CC#C[C@H](CCCC1OCCO1)N(Cc1c(OC)cc(OC)cc1OC)[C@@H](CO)c1ccccc1. The van der Waals surface area contributed by atoms with Gasteiger partial charge in [-0.15, -0.1) is 5.92 Å². The van der Waals surface area contributed by atoms with Crippen molar-refractivity contribution in [2.45, 2.75) is 51.1 Å². The average Bonchev–Trinajstić information content (AvgIpc) is 3.42. The van der Waals surface area contributed by atoms with Crippen molar-refractivity contribution in [1.29, 1.82) is 0 Å². The van der Waals surface area contributed by atoms with E-state index in [0.717, 1.165) is 30.4 Å². The Hall–Kier alpha value is -2.76. The summed E-state index contributed by atoms with van der Waals surface area (Å²) in [7, 11) is 4.88. The van der Waals surface area contributed by atoms with Crippen LogP contribution in [0.25, 0.3) is 0 Å². The van der Waals surface area contributed by atoms with E-state index < -0.39 is 0 Å². The maximum atomic E-state index is 10.6. The second-order valence-corrected chi connectivity index (χ2v) is 8.30. The molecule has 7 heteroatoms. The highest BCUT2D eigenvalue weighted by molar-refractivity contribution is 5.51. The third-order valence-corrected chi connectivity index (χ3v) is 6.23. The summed E-state index contributed by atoms with van der Waals surface area (Å²) in [5.41, 5.74) is 1.89. The monoisotopic (exact) mass is 483 g/mol. The van der Waals surface area contributed by atoms with Crippen LogP contribution >= 0.6 is 0 Å². The standard InChI is InChI=1S/C28H37NO6/c1-5-10-22(13-9-14-28-34-15-16-35-28)29(25(20-30)21-11-7-6-8-12-21)19-24-26(32-3)17-23(31-2)18-27(24)33-4/h6-8,11-12,17-18,22,25,28,30H,9,13-16,19-20H2,1-4H3/t22-,25+/m1/s1. The molecule has 190 valence electrons. The predicted octanol–water partition coefficient (Wildman–Crippen LogP) is 4.18. The number of nitrogens with zero attached hydrogens (tertiary/aromatic N) is 1. The zero-order valence-electron chi connectivity index (χ0n) is 21.2. The van der Waals surface area contributed by atoms with Crippen molar-refractivity contribution in [3.8, 4) is 29.1 Å². The minimum absolute atomic E-state index is 0.0540. The minimum atomic E-state index is -0.266. The highest BCUT2D eigenvalue weighted by Gasteiger charge is 2.29. The maximum absolute atomic E-state index is 10.6. The lowest BCUT2D eigenvalue weighted by Crippen LogP contribution is -2.39. The van der Waals surface area contributed by atoms with Gasteiger partial charge >= 0.3 is 0 Å². The molecule has 0 spiro atoms. The van der Waals surface area contributed by atoms with Gasteiger partial charge in [-0.25, -0.2) is 0 Å². The number of hydrogen-bond acceptors (Lipinski definition) is 7. The molecule has 0 saturated carbocycles. The molecule has 0 radical (unpaired) electrons. The fourth-order valence-corrected chi connectivity index (χ4v) is 4.47. The van der Waals surface area contributed by atoms with Crippen LogP contribution in [-0.2, 0) is 16.0 Å². The Morgan fingerprint density at radius 1 is 1.03 bits per heavy atom. The summed E-state index contributed by atoms with van der Waals surface area (Å²) in [4.78, 5) is 2.23. The van der Waals surface area contributed by atoms with Crippen LogP contribution in [0.3, 0.4) is 0 Å². The molecule has 1 saturated heterocycles. The maximum Gasteiger partial charge on any atom is 0.157 e. The van der Waals surface area contributed by atoms with Crippen molar-refractivity contribution >= 4 is 0 Å². The summed E-state index contributed by atoms with van der Waals surface area (Å²) in [6.07, 6.45) is 2.33. The van der Waals surface area contributed by atoms with Gasteiger partial charge in [-0.2, -0.15) is 0 Å². The van der Waals surface area contributed by atoms with E-state index in [1.54, 1.807) is 21.3 Å². The molecule has 3 rings (SSSR count). The largest absolute Gasteiger partial charge is 0.496 e. The molecule has 35 heavy (non-hydrogen) atoms. The molecule has 2 aromatic rings. The molecule has 1 aliphatic rings. The Balaban J connectivity index is 1.97. The summed E-state index contributed by atoms with van der Waals surface area (Å²) < 4.78 is 28.1. The number of aliphatic hydroxyl groups is 1. The van der Waals surface area contributed by atoms with Crippen LogP contribution in [0.15, 0.2) is 42.5 Å². The van der Waals surface area contributed by atoms with Gasteiger partial charge in [-0.1, -0.05) is 36.3 Å². The van der Waals surface area contributed by atoms with E-state index in [-0.39, 0.29) is 25.0 Å². The van der Waals surface area contributed by atoms with E-state index in [1.165, 1.54) is 0 Å². The fraction of sp³-hybridized carbons (Fsp3) is 0.500. The predicted molar refractivity (Wildman–Crippen MR) is 135 cm³/mol. The Labute approximate surface area is 208 Å². The molecular formula is C28H37NO6. The Bertz CT molecular complexity index is 939. The summed E-state index contributed by atoms with van der Waals surface area (Å²) in [6, 6.07) is 13.3. The molecule has 1 N–H and O–H groups in total. The van der Waals surface area contributed by atoms with E-state index in [9.17, 15) is 5.11 Å². The third-order valence-electron chi connectivity index (χ3n) is 6.23. The molecule has 0 aromatic heterocycles. The average molecular weight is 484 g/mol. The van der Waals surface area contributed by atoms with E-state index in [0.29, 0.717) is 37.0 Å². The lowest BCUT2D eigenvalue weighted by atomic mass is 9.99. The summed E-state index contributed by atoms with van der Waals surface area (Å²) >= 11 is 0. The highest BCUT2D eigenvalue weighted by Crippen LogP contribution is 2.37. The van der Waals surface area contributed by atoms with Gasteiger partial charge in [0, 0.05) is 18.7 Å². The third kappa shape index (κ3) is 7.12. The van der Waals surface area contributed by atoms with Gasteiger partial charge in [-0.05, 0) is 31.7 Å². The molecule has 0 bridgehead atoms. The number of benzene rings is 2. The van der Waals surface area contributed by atoms with Crippen molar-refractivity contribution in [2.75, 3.05) is 41.2 Å². The van der Waals surface area contributed by atoms with Crippen LogP contribution in [-0.4, -0.2) is 63.5 Å². The topological polar surface area (TPSA) is 69.6 Å². The first-order chi connectivity index (χ1) is 17.1. The molecule has 0 unspecified atom stereocenters. The highest BCUT2D eigenvalue weighted by atomic mass is 16.7. The van der Waals surface area contributed by atoms with Crippen LogP contribution in [0.5, 0.6) is 17.2 Å². The van der Waals surface area contributed by atoms with Crippen LogP contribution in [0.2, 0.25) is 0 Å². The van der Waals surface area contributed by atoms with Crippen LogP contribution < -0.4 is 14.2 Å². The van der Waals surface area contributed by atoms with Gasteiger partial charge in [0.1, 0.15) is 17.2 Å². The van der Waals surface area contributed by atoms with E-state index in [4.69, 9.17) is 23.7 Å². The molecule has 7 nitrogen and oxygen atoms in total. The van der Waals surface area contributed by atoms with Crippen LogP contribution in [0, 0.1) is 11.8 Å². The number of hydrogen-bond donors (Lipinski definition) is 1. The molecule has 2 aromatic carbocycles. The van der Waals surface area contributed by atoms with E-state index >= 15 is 0 Å². The van der Waals surface area contributed by atoms with Crippen molar-refractivity contribution in [2.24, 2.45) is 0 Å². The lowest BCUT2D eigenvalue weighted by molar-refractivity contribution is -0.0489. The Morgan fingerprint density at radius 2 is 1.69 bits per heavy atom. The molecule has 1 heterocycles. The quantitative estimate of drug-likeness (QED) is 0.429. The van der Waals surface area contributed by atoms with Crippen molar-refractivity contribution < 1.29 is 28.8 Å². The van der Waals surface area contributed by atoms with Crippen molar-refractivity contribution in [3.05, 3.63) is 53.6 Å². The van der Waals surface area contributed by atoms with Gasteiger partial charge in [-0.3, -0.25) is 4.90 Å². The fourth-order valence-electron chi connectivity index (χ4n) is 4.47. The minimum Gasteiger partial charge on any atom is -0.496 e. The Kier molecular flexibility index (Phi) is 10.7. The number of rotatable bonds is 13. The van der Waals surface area contributed by atoms with Crippen molar-refractivity contribution in [1.82, 2.24) is 4.90 Å². The van der Waals surface area contributed by atoms with Gasteiger partial charge < -0.3 is 28.8 Å². The van der Waals surface area contributed by atoms with Gasteiger partial charge in [0.25, 0.3) is 0 Å². The zero-order valence-corrected chi connectivity index (χ0v) is 21.2. The summed E-state index contributed by atoms with van der Waals surface area (Å²) in [6.45, 7) is 3.55. The first kappa shape index (κ1) is 26.8. The first-order valence-corrected chi connectivity index (χ1v) is 12.0. The second kappa shape index (κ2) is 14.0. The van der Waals surface area contributed by atoms with E-state index in [1.807, 2.05) is 49.4 Å². The Morgan fingerprint density at radius 3 is 2.23 bits per heavy atom. The smallest absolute Gasteiger partial charge is 0.157 e.